The first kappa shape index (κ1) is 15.0. The van der Waals surface area contributed by atoms with E-state index in [1.165, 1.54) is 12.8 Å². The molecule has 2 rings (SSSR count). The molecule has 1 aromatic rings. The Hall–Kier alpha value is -1.39. The summed E-state index contributed by atoms with van der Waals surface area (Å²) in [5.41, 5.74) is 1.96. The normalized spacial score (nSPS) is 18.8. The lowest BCUT2D eigenvalue weighted by atomic mass is 10.1. The number of rotatable bonds is 6. The summed E-state index contributed by atoms with van der Waals surface area (Å²) in [6.45, 7) is 4.05. The maximum atomic E-state index is 11.8. The molecule has 1 unspecified atom stereocenters. The predicted molar refractivity (Wildman–Crippen MR) is 80.9 cm³/mol. The van der Waals surface area contributed by atoms with Crippen LogP contribution >= 0.6 is 0 Å². The van der Waals surface area contributed by atoms with Crippen LogP contribution in [0.5, 0.6) is 0 Å². The molecule has 1 aliphatic rings. The van der Waals surface area contributed by atoms with Crippen LogP contribution in [0.25, 0.3) is 0 Å². The summed E-state index contributed by atoms with van der Waals surface area (Å²) < 4.78 is 5.66. The zero-order chi connectivity index (χ0) is 14.2. The maximum Gasteiger partial charge on any atom is 0.238 e. The van der Waals surface area contributed by atoms with Gasteiger partial charge < -0.3 is 15.4 Å². The Morgan fingerprint density at radius 3 is 2.95 bits per heavy atom. The number of anilines is 1. The van der Waals surface area contributed by atoms with Crippen LogP contribution in [0, 0.1) is 6.92 Å². The summed E-state index contributed by atoms with van der Waals surface area (Å²) in [6.07, 6.45) is 4.95. The highest BCUT2D eigenvalue weighted by molar-refractivity contribution is 5.92. The van der Waals surface area contributed by atoms with Crippen LogP contribution in [0.2, 0.25) is 0 Å². The van der Waals surface area contributed by atoms with Crippen LogP contribution in [0.15, 0.2) is 24.3 Å². The van der Waals surface area contributed by atoms with Crippen molar-refractivity contribution in [3.05, 3.63) is 29.8 Å². The fraction of sp³-hybridized carbons (Fsp3) is 0.562. The minimum atomic E-state index is 0.00358. The molecule has 1 heterocycles. The molecule has 110 valence electrons. The van der Waals surface area contributed by atoms with Gasteiger partial charge >= 0.3 is 0 Å². The molecule has 1 aliphatic heterocycles. The zero-order valence-corrected chi connectivity index (χ0v) is 12.2. The van der Waals surface area contributed by atoms with E-state index in [0.717, 1.165) is 37.2 Å². The standard InChI is InChI=1S/C16H24N2O2/c1-13-6-2-3-8-15(13)18-16(19)12-17-10-9-14-7-4-5-11-20-14/h2-3,6,8,14,17H,4-5,7,9-12H2,1H3,(H,18,19). The van der Waals surface area contributed by atoms with Gasteiger partial charge in [-0.25, -0.2) is 0 Å². The van der Waals surface area contributed by atoms with Crippen molar-refractivity contribution >= 4 is 11.6 Å². The number of ether oxygens (including phenoxy) is 1. The summed E-state index contributed by atoms with van der Waals surface area (Å²) in [5, 5.41) is 6.10. The van der Waals surface area contributed by atoms with Crippen LogP contribution in [0.1, 0.15) is 31.2 Å². The molecule has 2 N–H and O–H groups in total. The Bertz CT molecular complexity index is 428. The average molecular weight is 276 g/mol. The van der Waals surface area contributed by atoms with Gasteiger partial charge in [-0.05, 0) is 50.8 Å². The van der Waals surface area contributed by atoms with Crippen LogP contribution < -0.4 is 10.6 Å². The molecule has 1 atom stereocenters. The highest BCUT2D eigenvalue weighted by atomic mass is 16.5. The summed E-state index contributed by atoms with van der Waals surface area (Å²) in [7, 11) is 0. The molecular weight excluding hydrogens is 252 g/mol. The Morgan fingerprint density at radius 2 is 2.20 bits per heavy atom. The maximum absolute atomic E-state index is 11.8. The van der Waals surface area contributed by atoms with Gasteiger partial charge in [0.2, 0.25) is 5.91 Å². The zero-order valence-electron chi connectivity index (χ0n) is 12.2. The van der Waals surface area contributed by atoms with Gasteiger partial charge in [0.1, 0.15) is 0 Å². The molecule has 4 heteroatoms. The van der Waals surface area contributed by atoms with Gasteiger partial charge in [-0.15, -0.1) is 0 Å². The van der Waals surface area contributed by atoms with Gasteiger partial charge in [-0.3, -0.25) is 4.79 Å². The quantitative estimate of drug-likeness (QED) is 0.785. The third-order valence-corrected chi connectivity index (χ3v) is 3.62. The third kappa shape index (κ3) is 4.94. The lowest BCUT2D eigenvalue weighted by Crippen LogP contribution is -2.31. The van der Waals surface area contributed by atoms with Gasteiger partial charge in [-0.1, -0.05) is 18.2 Å². The summed E-state index contributed by atoms with van der Waals surface area (Å²) in [6, 6.07) is 7.80. The Morgan fingerprint density at radius 1 is 1.35 bits per heavy atom. The van der Waals surface area contributed by atoms with Crippen molar-refractivity contribution in [3.8, 4) is 0 Å². The SMILES string of the molecule is Cc1ccccc1NC(=O)CNCCC1CCCCO1. The van der Waals surface area contributed by atoms with Gasteiger partial charge in [-0.2, -0.15) is 0 Å². The van der Waals surface area contributed by atoms with Crippen molar-refractivity contribution in [2.24, 2.45) is 0 Å². The molecule has 1 saturated heterocycles. The Balaban J connectivity index is 1.61. The lowest BCUT2D eigenvalue weighted by molar-refractivity contribution is -0.115. The third-order valence-electron chi connectivity index (χ3n) is 3.62. The number of para-hydroxylation sites is 1. The second-order valence-electron chi connectivity index (χ2n) is 5.32. The lowest BCUT2D eigenvalue weighted by Gasteiger charge is -2.22. The molecule has 0 aromatic heterocycles. The van der Waals surface area contributed by atoms with Crippen molar-refractivity contribution in [1.82, 2.24) is 5.32 Å². The Labute approximate surface area is 120 Å². The number of carbonyl (C=O) groups excluding carboxylic acids is 1. The van der Waals surface area contributed by atoms with Gasteiger partial charge in [0.25, 0.3) is 0 Å². The number of hydrogen-bond acceptors (Lipinski definition) is 3. The van der Waals surface area contributed by atoms with E-state index in [9.17, 15) is 4.79 Å². The highest BCUT2D eigenvalue weighted by Gasteiger charge is 2.13. The van der Waals surface area contributed by atoms with Gasteiger partial charge in [0, 0.05) is 12.3 Å². The number of benzene rings is 1. The number of carbonyl (C=O) groups is 1. The molecule has 0 bridgehead atoms. The monoisotopic (exact) mass is 276 g/mol. The van der Waals surface area contributed by atoms with Crippen molar-refractivity contribution in [1.29, 1.82) is 0 Å². The first-order chi connectivity index (χ1) is 9.75. The number of amides is 1. The van der Waals surface area contributed by atoms with Crippen LogP contribution in [-0.2, 0) is 9.53 Å². The van der Waals surface area contributed by atoms with Crippen LogP contribution in [0.3, 0.4) is 0 Å². The summed E-state index contributed by atoms with van der Waals surface area (Å²) >= 11 is 0. The minimum Gasteiger partial charge on any atom is -0.378 e. The van der Waals surface area contributed by atoms with Crippen molar-refractivity contribution < 1.29 is 9.53 Å². The predicted octanol–water partition coefficient (Wildman–Crippen LogP) is 2.48. The smallest absolute Gasteiger partial charge is 0.238 e. The number of nitrogens with one attached hydrogen (secondary N) is 2. The first-order valence-corrected chi connectivity index (χ1v) is 7.43. The molecular formula is C16H24N2O2. The van der Waals surface area contributed by atoms with E-state index in [-0.39, 0.29) is 5.91 Å². The van der Waals surface area contributed by atoms with Gasteiger partial charge in [0.15, 0.2) is 0 Å². The largest absolute Gasteiger partial charge is 0.378 e. The van der Waals surface area contributed by atoms with E-state index in [2.05, 4.69) is 10.6 Å². The first-order valence-electron chi connectivity index (χ1n) is 7.43. The number of hydrogen-bond donors (Lipinski definition) is 2. The molecule has 0 radical (unpaired) electrons. The molecule has 1 aromatic carbocycles. The summed E-state index contributed by atoms with van der Waals surface area (Å²) in [4.78, 5) is 11.8. The van der Waals surface area contributed by atoms with Crippen molar-refractivity contribution in [3.63, 3.8) is 0 Å². The molecule has 4 nitrogen and oxygen atoms in total. The molecule has 0 saturated carbocycles. The average Bonchev–Trinajstić information content (AvgIpc) is 2.47. The second kappa shape index (κ2) is 8.02. The topological polar surface area (TPSA) is 50.4 Å². The van der Waals surface area contributed by atoms with E-state index in [0.29, 0.717) is 12.6 Å². The van der Waals surface area contributed by atoms with E-state index in [1.54, 1.807) is 0 Å². The fourth-order valence-electron chi connectivity index (χ4n) is 2.41. The van der Waals surface area contributed by atoms with Gasteiger partial charge in [0.05, 0.1) is 12.6 Å². The van der Waals surface area contributed by atoms with Crippen LogP contribution in [0.4, 0.5) is 5.69 Å². The van der Waals surface area contributed by atoms with E-state index in [1.807, 2.05) is 31.2 Å². The molecule has 1 fully saturated rings. The molecule has 1 amide bonds. The molecule has 0 aliphatic carbocycles. The van der Waals surface area contributed by atoms with Crippen molar-refractivity contribution in [2.45, 2.75) is 38.7 Å². The van der Waals surface area contributed by atoms with Crippen LogP contribution in [-0.4, -0.2) is 31.7 Å². The highest BCUT2D eigenvalue weighted by Crippen LogP contribution is 2.15. The minimum absolute atomic E-state index is 0.00358. The fourth-order valence-corrected chi connectivity index (χ4v) is 2.41. The van der Waals surface area contributed by atoms with Crippen molar-refractivity contribution in [2.75, 3.05) is 25.0 Å². The second-order valence-corrected chi connectivity index (χ2v) is 5.32. The summed E-state index contributed by atoms with van der Waals surface area (Å²) in [5.74, 6) is 0.00358. The number of aryl methyl sites for hydroxylation is 1. The van der Waals surface area contributed by atoms with E-state index < -0.39 is 0 Å². The Kier molecular flexibility index (Phi) is 6.02. The van der Waals surface area contributed by atoms with E-state index >= 15 is 0 Å². The molecule has 20 heavy (non-hydrogen) atoms. The molecule has 0 spiro atoms. The van der Waals surface area contributed by atoms with E-state index in [4.69, 9.17) is 4.74 Å².